The molecule has 1 aliphatic heterocycles. The molecule has 0 N–H and O–H groups in total. The first-order valence-electron chi connectivity index (χ1n) is 11.4. The maximum absolute atomic E-state index is 13.8. The molecule has 0 spiro atoms. The molecule has 6 nitrogen and oxygen atoms in total. The molecule has 1 aliphatic rings. The fraction of sp³-hybridized carbons (Fsp3) is 0.259. The molecule has 0 bridgehead atoms. The van der Waals surface area contributed by atoms with Crippen LogP contribution in [0.25, 0.3) is 11.0 Å². The Hall–Kier alpha value is -4.01. The van der Waals surface area contributed by atoms with Gasteiger partial charge in [-0.2, -0.15) is 13.2 Å². The van der Waals surface area contributed by atoms with Gasteiger partial charge in [0.1, 0.15) is 6.54 Å². The number of ether oxygens (including phenoxy) is 2. The predicted octanol–water partition coefficient (Wildman–Crippen LogP) is 5.25. The lowest BCUT2D eigenvalue weighted by Crippen LogP contribution is -2.42. The van der Waals surface area contributed by atoms with Crippen LogP contribution >= 0.6 is 0 Å². The number of hydrogen-bond donors (Lipinski definition) is 0. The fourth-order valence-electron chi connectivity index (χ4n) is 4.89. The number of benzene rings is 3. The number of amides is 1. The van der Waals surface area contributed by atoms with E-state index in [0.717, 1.165) is 21.3 Å². The Kier molecular flexibility index (Phi) is 6.07. The standard InChI is InChI=1S/C27H24F3N3O3/c1-35-22-14-18-12-13-32(25(17-8-4-3-5-9-17)19(18)15-23(22)36-2)24(34)16-33-21-11-7-6-10-20(21)31-26(33)27(28,29)30/h3-11,14-15,25H,12-13,16H2,1-2H3/t25-/m0/s1. The third-order valence-corrected chi connectivity index (χ3v) is 6.51. The molecular formula is C27H24F3N3O3. The predicted molar refractivity (Wildman–Crippen MR) is 128 cm³/mol. The zero-order valence-electron chi connectivity index (χ0n) is 19.7. The minimum absolute atomic E-state index is 0.193. The first-order valence-corrected chi connectivity index (χ1v) is 11.4. The van der Waals surface area contributed by atoms with Crippen molar-refractivity contribution in [3.05, 3.63) is 89.2 Å². The average Bonchev–Trinajstić information content (AvgIpc) is 3.26. The number of carbonyl (C=O) groups excluding carboxylic acids is 1. The first-order chi connectivity index (χ1) is 17.3. The molecule has 9 heteroatoms. The van der Waals surface area contributed by atoms with E-state index in [0.29, 0.717) is 24.5 Å². The van der Waals surface area contributed by atoms with Crippen LogP contribution in [0.1, 0.15) is 28.6 Å². The average molecular weight is 496 g/mol. The van der Waals surface area contributed by atoms with Gasteiger partial charge in [0.25, 0.3) is 0 Å². The van der Waals surface area contributed by atoms with E-state index in [1.165, 1.54) is 13.2 Å². The molecule has 36 heavy (non-hydrogen) atoms. The van der Waals surface area contributed by atoms with Gasteiger partial charge in [-0.3, -0.25) is 4.79 Å². The topological polar surface area (TPSA) is 56.6 Å². The second-order valence-electron chi connectivity index (χ2n) is 8.56. The zero-order valence-corrected chi connectivity index (χ0v) is 19.7. The van der Waals surface area contributed by atoms with Crippen molar-refractivity contribution in [3.63, 3.8) is 0 Å². The smallest absolute Gasteiger partial charge is 0.449 e. The number of nitrogens with zero attached hydrogens (tertiary/aromatic N) is 3. The van der Waals surface area contributed by atoms with Gasteiger partial charge in [-0.15, -0.1) is 0 Å². The van der Waals surface area contributed by atoms with E-state index in [9.17, 15) is 18.0 Å². The molecule has 1 aromatic heterocycles. The lowest BCUT2D eigenvalue weighted by Gasteiger charge is -2.38. The number of methoxy groups -OCH3 is 2. The minimum Gasteiger partial charge on any atom is -0.493 e. The van der Waals surface area contributed by atoms with Gasteiger partial charge in [0.2, 0.25) is 11.7 Å². The van der Waals surface area contributed by atoms with Gasteiger partial charge in [-0.05, 0) is 47.4 Å². The molecule has 0 radical (unpaired) electrons. The number of carbonyl (C=O) groups is 1. The van der Waals surface area contributed by atoms with Crippen molar-refractivity contribution < 1.29 is 27.4 Å². The number of halogens is 3. The minimum atomic E-state index is -4.70. The second-order valence-corrected chi connectivity index (χ2v) is 8.56. The molecule has 0 saturated heterocycles. The largest absolute Gasteiger partial charge is 0.493 e. The van der Waals surface area contributed by atoms with Gasteiger partial charge in [-0.1, -0.05) is 42.5 Å². The van der Waals surface area contributed by atoms with Gasteiger partial charge >= 0.3 is 6.18 Å². The Labute approximate surface area is 205 Å². The molecule has 3 aromatic carbocycles. The number of aromatic nitrogens is 2. The van der Waals surface area contributed by atoms with E-state index in [1.54, 1.807) is 30.2 Å². The first kappa shape index (κ1) is 23.7. The summed E-state index contributed by atoms with van der Waals surface area (Å²) in [5, 5.41) is 0. The molecule has 5 rings (SSSR count). The fourth-order valence-corrected chi connectivity index (χ4v) is 4.89. The second kappa shape index (κ2) is 9.22. The molecule has 0 unspecified atom stereocenters. The number of fused-ring (bicyclic) bond motifs is 2. The Balaban J connectivity index is 1.59. The molecule has 186 valence electrons. The summed E-state index contributed by atoms with van der Waals surface area (Å²) in [6, 6.07) is 19.0. The maximum Gasteiger partial charge on any atom is 0.449 e. The molecule has 1 atom stereocenters. The van der Waals surface area contributed by atoms with E-state index < -0.39 is 30.5 Å². The highest BCUT2D eigenvalue weighted by molar-refractivity contribution is 5.82. The van der Waals surface area contributed by atoms with E-state index in [4.69, 9.17) is 9.47 Å². The van der Waals surface area contributed by atoms with Crippen LogP contribution in [0.2, 0.25) is 0 Å². The molecule has 2 heterocycles. The Morgan fingerprint density at radius 2 is 1.67 bits per heavy atom. The van der Waals surface area contributed by atoms with E-state index in [-0.39, 0.29) is 11.0 Å². The van der Waals surface area contributed by atoms with E-state index >= 15 is 0 Å². The molecule has 4 aromatic rings. The molecular weight excluding hydrogens is 471 g/mol. The van der Waals surface area contributed by atoms with Gasteiger partial charge in [-0.25, -0.2) is 4.98 Å². The summed E-state index contributed by atoms with van der Waals surface area (Å²) in [7, 11) is 3.10. The normalized spacial score (nSPS) is 15.6. The Morgan fingerprint density at radius 3 is 2.36 bits per heavy atom. The number of hydrogen-bond acceptors (Lipinski definition) is 4. The SMILES string of the molecule is COc1cc2c(cc1OC)[C@H](c1ccccc1)N(C(=O)Cn1c(C(F)(F)F)nc3ccccc31)CC2. The van der Waals surface area contributed by atoms with Gasteiger partial charge in [0, 0.05) is 6.54 Å². The summed E-state index contributed by atoms with van der Waals surface area (Å²) in [4.78, 5) is 19.1. The molecule has 0 saturated carbocycles. The highest BCUT2D eigenvalue weighted by Crippen LogP contribution is 2.41. The van der Waals surface area contributed by atoms with Crippen molar-refractivity contribution in [2.24, 2.45) is 0 Å². The summed E-state index contributed by atoms with van der Waals surface area (Å²) < 4.78 is 53.4. The van der Waals surface area contributed by atoms with E-state index in [2.05, 4.69) is 4.98 Å². The highest BCUT2D eigenvalue weighted by Gasteiger charge is 2.39. The number of imidazole rings is 1. The van der Waals surface area contributed by atoms with Crippen molar-refractivity contribution >= 4 is 16.9 Å². The maximum atomic E-state index is 13.8. The summed E-state index contributed by atoms with van der Waals surface area (Å²) in [5.41, 5.74) is 3.15. The van der Waals surface area contributed by atoms with Gasteiger partial charge < -0.3 is 18.9 Å². The van der Waals surface area contributed by atoms with Crippen LogP contribution in [-0.4, -0.2) is 41.1 Å². The third-order valence-electron chi connectivity index (χ3n) is 6.51. The summed E-state index contributed by atoms with van der Waals surface area (Å²) in [5.74, 6) is -0.413. The van der Waals surface area contributed by atoms with E-state index in [1.807, 2.05) is 42.5 Å². The van der Waals surface area contributed by atoms with Crippen molar-refractivity contribution in [3.8, 4) is 11.5 Å². The molecule has 0 fully saturated rings. The van der Waals surface area contributed by atoms with Gasteiger partial charge in [0.05, 0.1) is 31.3 Å². The lowest BCUT2D eigenvalue weighted by molar-refractivity contribution is -0.148. The van der Waals surface area contributed by atoms with Crippen molar-refractivity contribution in [2.75, 3.05) is 20.8 Å². The van der Waals surface area contributed by atoms with Crippen LogP contribution in [0.3, 0.4) is 0 Å². The van der Waals surface area contributed by atoms with Crippen LogP contribution in [0.15, 0.2) is 66.7 Å². The highest BCUT2D eigenvalue weighted by atomic mass is 19.4. The summed E-state index contributed by atoms with van der Waals surface area (Å²) in [6.45, 7) is -0.143. The molecule has 1 amide bonds. The van der Waals surface area contributed by atoms with Crippen LogP contribution in [0, 0.1) is 0 Å². The third kappa shape index (κ3) is 4.14. The lowest BCUT2D eigenvalue weighted by atomic mass is 9.87. The Morgan fingerprint density at radius 1 is 1.00 bits per heavy atom. The number of alkyl halides is 3. The quantitative estimate of drug-likeness (QED) is 0.380. The zero-order chi connectivity index (χ0) is 25.4. The van der Waals surface area contributed by atoms with Crippen molar-refractivity contribution in [2.45, 2.75) is 25.2 Å². The monoisotopic (exact) mass is 495 g/mol. The van der Waals surface area contributed by atoms with Crippen LogP contribution in [0.4, 0.5) is 13.2 Å². The van der Waals surface area contributed by atoms with Crippen molar-refractivity contribution in [1.29, 1.82) is 0 Å². The van der Waals surface area contributed by atoms with Gasteiger partial charge in [0.15, 0.2) is 11.5 Å². The number of rotatable bonds is 5. The Bertz CT molecular complexity index is 1420. The van der Waals surface area contributed by atoms with Crippen LogP contribution in [-0.2, 0) is 23.9 Å². The van der Waals surface area contributed by atoms with Crippen molar-refractivity contribution in [1.82, 2.24) is 14.5 Å². The summed E-state index contributed by atoms with van der Waals surface area (Å²) in [6.07, 6.45) is -4.17. The van der Waals surface area contributed by atoms with Crippen LogP contribution in [0.5, 0.6) is 11.5 Å². The summed E-state index contributed by atoms with van der Waals surface area (Å²) >= 11 is 0. The number of para-hydroxylation sites is 2. The van der Waals surface area contributed by atoms with Crippen LogP contribution < -0.4 is 9.47 Å². The molecule has 0 aliphatic carbocycles.